The van der Waals surface area contributed by atoms with Crippen LogP contribution in [0.2, 0.25) is 0 Å². The first-order valence-corrected chi connectivity index (χ1v) is 10.1. The molecular formula is C21H24N4O2S. The van der Waals surface area contributed by atoms with E-state index >= 15 is 0 Å². The molecule has 1 heterocycles. The SMILES string of the molecule is Cc1ccc(OCCNC(=O)CSc2nnc(-c3ccccc3)n2C)c(C)c1. The van der Waals surface area contributed by atoms with Crippen molar-refractivity contribution in [3.63, 3.8) is 0 Å². The number of amides is 1. The number of aromatic nitrogens is 3. The summed E-state index contributed by atoms with van der Waals surface area (Å²) in [6.07, 6.45) is 0. The summed E-state index contributed by atoms with van der Waals surface area (Å²) < 4.78 is 7.63. The maximum Gasteiger partial charge on any atom is 0.230 e. The van der Waals surface area contributed by atoms with Crippen LogP contribution in [0.4, 0.5) is 0 Å². The fourth-order valence-electron chi connectivity index (χ4n) is 2.77. The van der Waals surface area contributed by atoms with Crippen LogP contribution in [-0.2, 0) is 11.8 Å². The van der Waals surface area contributed by atoms with Crippen molar-refractivity contribution in [2.45, 2.75) is 19.0 Å². The van der Waals surface area contributed by atoms with Crippen LogP contribution in [0.15, 0.2) is 53.7 Å². The van der Waals surface area contributed by atoms with E-state index in [2.05, 4.69) is 28.5 Å². The third-order valence-electron chi connectivity index (χ3n) is 4.21. The van der Waals surface area contributed by atoms with Crippen molar-refractivity contribution >= 4 is 17.7 Å². The van der Waals surface area contributed by atoms with E-state index in [0.29, 0.717) is 18.3 Å². The monoisotopic (exact) mass is 396 g/mol. The number of rotatable bonds is 8. The molecule has 0 aliphatic heterocycles. The molecule has 146 valence electrons. The van der Waals surface area contributed by atoms with Crippen molar-refractivity contribution in [1.82, 2.24) is 20.1 Å². The minimum Gasteiger partial charge on any atom is -0.491 e. The Morgan fingerprint density at radius 2 is 1.93 bits per heavy atom. The summed E-state index contributed by atoms with van der Waals surface area (Å²) in [6.45, 7) is 4.96. The lowest BCUT2D eigenvalue weighted by molar-refractivity contribution is -0.118. The van der Waals surface area contributed by atoms with Crippen molar-refractivity contribution < 1.29 is 9.53 Å². The number of hydrogen-bond donors (Lipinski definition) is 1. The van der Waals surface area contributed by atoms with Crippen LogP contribution < -0.4 is 10.1 Å². The molecule has 0 saturated heterocycles. The Hall–Kier alpha value is -2.80. The van der Waals surface area contributed by atoms with Crippen LogP contribution in [0.5, 0.6) is 5.75 Å². The second-order valence-electron chi connectivity index (χ2n) is 6.49. The highest BCUT2D eigenvalue weighted by Crippen LogP contribution is 2.22. The van der Waals surface area contributed by atoms with Crippen molar-refractivity contribution in [3.05, 3.63) is 59.7 Å². The number of carbonyl (C=O) groups is 1. The third kappa shape index (κ3) is 5.13. The second kappa shape index (κ2) is 9.41. The number of ether oxygens (including phenoxy) is 1. The predicted octanol–water partition coefficient (Wildman–Crippen LogP) is 3.39. The van der Waals surface area contributed by atoms with Gasteiger partial charge in [0, 0.05) is 12.6 Å². The van der Waals surface area contributed by atoms with E-state index in [1.807, 2.05) is 61.0 Å². The van der Waals surface area contributed by atoms with Crippen molar-refractivity contribution in [2.75, 3.05) is 18.9 Å². The molecule has 1 aromatic heterocycles. The molecule has 1 N–H and O–H groups in total. The Bertz CT molecular complexity index is 941. The van der Waals surface area contributed by atoms with Gasteiger partial charge in [-0.15, -0.1) is 10.2 Å². The predicted molar refractivity (Wildman–Crippen MR) is 112 cm³/mol. The number of benzene rings is 2. The lowest BCUT2D eigenvalue weighted by Crippen LogP contribution is -2.29. The molecule has 0 aliphatic rings. The highest BCUT2D eigenvalue weighted by molar-refractivity contribution is 7.99. The number of hydrogen-bond acceptors (Lipinski definition) is 5. The van der Waals surface area contributed by atoms with Gasteiger partial charge in [-0.05, 0) is 25.5 Å². The zero-order chi connectivity index (χ0) is 19.9. The molecule has 0 fully saturated rings. The Morgan fingerprint density at radius 1 is 1.14 bits per heavy atom. The van der Waals surface area contributed by atoms with Gasteiger partial charge in [0.25, 0.3) is 0 Å². The van der Waals surface area contributed by atoms with E-state index in [1.54, 1.807) is 0 Å². The van der Waals surface area contributed by atoms with Crippen molar-refractivity contribution in [3.8, 4) is 17.1 Å². The van der Waals surface area contributed by atoms with Gasteiger partial charge in [-0.25, -0.2) is 0 Å². The maximum absolute atomic E-state index is 12.1. The molecule has 0 bridgehead atoms. The summed E-state index contributed by atoms with van der Waals surface area (Å²) in [5.41, 5.74) is 3.30. The largest absolute Gasteiger partial charge is 0.491 e. The van der Waals surface area contributed by atoms with E-state index < -0.39 is 0 Å². The smallest absolute Gasteiger partial charge is 0.230 e. The van der Waals surface area contributed by atoms with Gasteiger partial charge >= 0.3 is 0 Å². The molecule has 2 aromatic carbocycles. The minimum atomic E-state index is -0.0570. The lowest BCUT2D eigenvalue weighted by atomic mass is 10.1. The van der Waals surface area contributed by atoms with E-state index in [4.69, 9.17) is 4.74 Å². The molecule has 28 heavy (non-hydrogen) atoms. The zero-order valence-corrected chi connectivity index (χ0v) is 17.1. The molecule has 0 spiro atoms. The van der Waals surface area contributed by atoms with E-state index in [0.717, 1.165) is 22.7 Å². The van der Waals surface area contributed by atoms with Gasteiger partial charge in [-0.2, -0.15) is 0 Å². The highest BCUT2D eigenvalue weighted by atomic mass is 32.2. The molecule has 3 aromatic rings. The molecule has 0 radical (unpaired) electrons. The Labute approximate surface area is 169 Å². The summed E-state index contributed by atoms with van der Waals surface area (Å²) in [4.78, 5) is 12.1. The average molecular weight is 397 g/mol. The third-order valence-corrected chi connectivity index (χ3v) is 5.23. The molecule has 0 aliphatic carbocycles. The number of nitrogens with one attached hydrogen (secondary N) is 1. The van der Waals surface area contributed by atoms with E-state index in [9.17, 15) is 4.79 Å². The summed E-state index contributed by atoms with van der Waals surface area (Å²) in [5.74, 6) is 1.86. The topological polar surface area (TPSA) is 69.0 Å². The fraction of sp³-hybridized carbons (Fsp3) is 0.286. The number of carbonyl (C=O) groups excluding carboxylic acids is 1. The summed E-state index contributed by atoms with van der Waals surface area (Å²) >= 11 is 1.37. The van der Waals surface area contributed by atoms with Gasteiger partial charge in [0.15, 0.2) is 11.0 Å². The summed E-state index contributed by atoms with van der Waals surface area (Å²) in [6, 6.07) is 15.9. The Kier molecular flexibility index (Phi) is 6.71. The van der Waals surface area contributed by atoms with Gasteiger partial charge in [-0.1, -0.05) is 59.8 Å². The summed E-state index contributed by atoms with van der Waals surface area (Å²) in [5, 5.41) is 12.0. The summed E-state index contributed by atoms with van der Waals surface area (Å²) in [7, 11) is 1.90. The highest BCUT2D eigenvalue weighted by Gasteiger charge is 2.12. The molecule has 3 rings (SSSR count). The number of nitrogens with zero attached hydrogens (tertiary/aromatic N) is 3. The van der Waals surface area contributed by atoms with Gasteiger partial charge < -0.3 is 14.6 Å². The van der Waals surface area contributed by atoms with E-state index in [-0.39, 0.29) is 11.7 Å². The maximum atomic E-state index is 12.1. The second-order valence-corrected chi connectivity index (χ2v) is 7.43. The zero-order valence-electron chi connectivity index (χ0n) is 16.3. The first-order chi connectivity index (χ1) is 13.5. The van der Waals surface area contributed by atoms with Gasteiger partial charge in [-0.3, -0.25) is 4.79 Å². The molecule has 7 heteroatoms. The minimum absolute atomic E-state index is 0.0570. The van der Waals surface area contributed by atoms with Gasteiger partial charge in [0.1, 0.15) is 12.4 Å². The quantitative estimate of drug-likeness (QED) is 0.467. The van der Waals surface area contributed by atoms with Gasteiger partial charge in [0.05, 0.1) is 12.3 Å². The molecule has 0 atom stereocenters. The van der Waals surface area contributed by atoms with Crippen LogP contribution in [0.1, 0.15) is 11.1 Å². The molecule has 0 saturated carbocycles. The first-order valence-electron chi connectivity index (χ1n) is 9.09. The van der Waals surface area contributed by atoms with E-state index in [1.165, 1.54) is 17.3 Å². The standard InChI is InChI=1S/C21H24N4O2S/c1-15-9-10-18(16(2)13-15)27-12-11-22-19(26)14-28-21-24-23-20(25(21)3)17-7-5-4-6-8-17/h4-10,13H,11-12,14H2,1-3H3,(H,22,26). The van der Waals surface area contributed by atoms with Crippen molar-refractivity contribution in [1.29, 1.82) is 0 Å². The Morgan fingerprint density at radius 3 is 2.68 bits per heavy atom. The van der Waals surface area contributed by atoms with Gasteiger partial charge in [0.2, 0.25) is 5.91 Å². The molecule has 6 nitrogen and oxygen atoms in total. The van der Waals surface area contributed by atoms with Crippen LogP contribution >= 0.6 is 11.8 Å². The molecule has 1 amide bonds. The number of thioether (sulfide) groups is 1. The lowest BCUT2D eigenvalue weighted by Gasteiger charge is -2.10. The molecular weight excluding hydrogens is 372 g/mol. The normalized spacial score (nSPS) is 10.7. The van der Waals surface area contributed by atoms with Crippen molar-refractivity contribution in [2.24, 2.45) is 7.05 Å². The first kappa shape index (κ1) is 19.9. The fourth-order valence-corrected chi connectivity index (χ4v) is 3.51. The van der Waals surface area contributed by atoms with Crippen LogP contribution in [0.25, 0.3) is 11.4 Å². The average Bonchev–Trinajstić information content (AvgIpc) is 3.06. The Balaban J connectivity index is 1.43. The molecule has 0 unspecified atom stereocenters. The van der Waals surface area contributed by atoms with Crippen LogP contribution in [-0.4, -0.2) is 39.6 Å². The van der Waals surface area contributed by atoms with Crippen LogP contribution in [0, 0.1) is 13.8 Å². The number of aryl methyl sites for hydroxylation is 2. The van der Waals surface area contributed by atoms with Crippen LogP contribution in [0.3, 0.4) is 0 Å².